The average Bonchev–Trinajstić information content (AvgIpc) is 2.06. The molecule has 0 spiro atoms. The first kappa shape index (κ1) is 7.72. The molecule has 0 aromatic carbocycles. The fourth-order valence-corrected chi connectivity index (χ4v) is 0.718. The number of rotatable bonds is 2. The van der Waals surface area contributed by atoms with Crippen molar-refractivity contribution >= 4 is 5.97 Å². The van der Waals surface area contributed by atoms with E-state index in [0.29, 0.717) is 0 Å². The van der Waals surface area contributed by atoms with E-state index < -0.39 is 0 Å². The van der Waals surface area contributed by atoms with Crippen molar-refractivity contribution in [2.45, 2.75) is 6.42 Å². The van der Waals surface area contributed by atoms with Crippen molar-refractivity contribution in [3.63, 3.8) is 0 Å². The molecule has 3 nitrogen and oxygen atoms in total. The van der Waals surface area contributed by atoms with Crippen LogP contribution in [-0.4, -0.2) is 11.0 Å². The van der Waals surface area contributed by atoms with Crippen LogP contribution in [-0.2, 0) is 16.0 Å². The normalized spacial score (nSPS) is 9.18. The quantitative estimate of drug-likeness (QED) is 0.589. The van der Waals surface area contributed by atoms with Gasteiger partial charge in [-0.05, 0) is 17.7 Å². The lowest BCUT2D eigenvalue weighted by molar-refractivity contribution is -0.137. The van der Waals surface area contributed by atoms with Crippen LogP contribution in [0, 0.1) is 7.11 Å². The molecule has 1 radical (unpaired) electrons. The lowest BCUT2D eigenvalue weighted by Crippen LogP contribution is -2.02. The molecule has 0 aliphatic carbocycles. The van der Waals surface area contributed by atoms with Crippen LogP contribution in [0.5, 0.6) is 0 Å². The van der Waals surface area contributed by atoms with Crippen molar-refractivity contribution in [1.82, 2.24) is 4.98 Å². The number of ether oxygens (including phenoxy) is 1. The van der Waals surface area contributed by atoms with Gasteiger partial charge in [-0.3, -0.25) is 9.78 Å². The van der Waals surface area contributed by atoms with Gasteiger partial charge in [-0.25, -0.2) is 0 Å². The van der Waals surface area contributed by atoms with E-state index in [1.807, 2.05) is 0 Å². The number of nitrogens with zero attached hydrogens (tertiary/aromatic N) is 1. The van der Waals surface area contributed by atoms with E-state index in [-0.39, 0.29) is 12.4 Å². The Bertz CT molecular complexity index is 233. The minimum Gasteiger partial charge on any atom is -0.462 e. The second-order valence-corrected chi connectivity index (χ2v) is 2.05. The smallest absolute Gasteiger partial charge is 0.310 e. The Balaban J connectivity index is 2.58. The summed E-state index contributed by atoms with van der Waals surface area (Å²) in [5, 5.41) is 0. The van der Waals surface area contributed by atoms with E-state index in [4.69, 9.17) is 0 Å². The van der Waals surface area contributed by atoms with E-state index in [1.165, 1.54) is 0 Å². The molecule has 0 bridgehead atoms. The SMILES string of the molecule is [CH2]OC(=O)Cc1ccncc1. The minimum atomic E-state index is -0.337. The number of pyridine rings is 1. The van der Waals surface area contributed by atoms with Crippen molar-refractivity contribution in [2.75, 3.05) is 0 Å². The molecule has 3 heteroatoms. The Morgan fingerprint density at radius 1 is 1.55 bits per heavy atom. The highest BCUT2D eigenvalue weighted by Crippen LogP contribution is 1.97. The molecule has 1 aromatic rings. The third kappa shape index (κ3) is 2.37. The molecule has 0 fully saturated rings. The second-order valence-electron chi connectivity index (χ2n) is 2.05. The molecule has 0 aliphatic heterocycles. The first-order chi connectivity index (χ1) is 5.33. The molecule has 0 N–H and O–H groups in total. The Morgan fingerprint density at radius 2 is 2.18 bits per heavy atom. The molecule has 0 unspecified atom stereocenters. The van der Waals surface area contributed by atoms with Crippen LogP contribution in [0.15, 0.2) is 24.5 Å². The molecule has 0 aliphatic rings. The summed E-state index contributed by atoms with van der Waals surface area (Å²) in [5.74, 6) is -0.337. The van der Waals surface area contributed by atoms with Gasteiger partial charge in [0.25, 0.3) is 0 Å². The van der Waals surface area contributed by atoms with Gasteiger partial charge in [0.05, 0.1) is 6.42 Å². The highest BCUT2D eigenvalue weighted by Gasteiger charge is 2.00. The summed E-state index contributed by atoms with van der Waals surface area (Å²) in [6.45, 7) is 0. The van der Waals surface area contributed by atoms with E-state index in [1.54, 1.807) is 24.5 Å². The van der Waals surface area contributed by atoms with Crippen molar-refractivity contribution in [2.24, 2.45) is 0 Å². The zero-order chi connectivity index (χ0) is 8.10. The summed E-state index contributed by atoms with van der Waals surface area (Å²) >= 11 is 0. The molecular formula is C8H8NO2. The molecule has 0 saturated carbocycles. The van der Waals surface area contributed by atoms with Gasteiger partial charge >= 0.3 is 5.97 Å². The Kier molecular flexibility index (Phi) is 2.60. The van der Waals surface area contributed by atoms with Crippen LogP contribution in [0.2, 0.25) is 0 Å². The summed E-state index contributed by atoms with van der Waals surface area (Å²) in [6.07, 6.45) is 3.52. The van der Waals surface area contributed by atoms with Crippen LogP contribution in [0.3, 0.4) is 0 Å². The van der Waals surface area contributed by atoms with E-state index >= 15 is 0 Å². The summed E-state index contributed by atoms with van der Waals surface area (Å²) in [6, 6.07) is 3.52. The average molecular weight is 150 g/mol. The number of esters is 1. The zero-order valence-corrected chi connectivity index (χ0v) is 5.99. The molecule has 0 atom stereocenters. The number of carbonyl (C=O) groups is 1. The van der Waals surface area contributed by atoms with Gasteiger partial charge in [0, 0.05) is 12.4 Å². The van der Waals surface area contributed by atoms with E-state index in [9.17, 15) is 4.79 Å². The molecule has 1 rings (SSSR count). The molecule has 1 aromatic heterocycles. The van der Waals surface area contributed by atoms with Crippen molar-refractivity contribution in [3.05, 3.63) is 37.2 Å². The second kappa shape index (κ2) is 3.71. The number of hydrogen-bond acceptors (Lipinski definition) is 3. The molecular weight excluding hydrogens is 142 g/mol. The van der Waals surface area contributed by atoms with Gasteiger partial charge in [-0.1, -0.05) is 0 Å². The van der Waals surface area contributed by atoms with Crippen LogP contribution in [0.4, 0.5) is 0 Å². The first-order valence-corrected chi connectivity index (χ1v) is 3.16. The predicted octanol–water partition coefficient (Wildman–Crippen LogP) is 0.959. The minimum absolute atomic E-state index is 0.256. The Labute approximate surface area is 65.0 Å². The fraction of sp³-hybridized carbons (Fsp3) is 0.125. The summed E-state index contributed by atoms with van der Waals surface area (Å²) < 4.78 is 4.24. The number of aromatic nitrogens is 1. The zero-order valence-electron chi connectivity index (χ0n) is 5.99. The van der Waals surface area contributed by atoms with Crippen molar-refractivity contribution < 1.29 is 9.53 Å². The van der Waals surface area contributed by atoms with Crippen LogP contribution < -0.4 is 0 Å². The molecule has 0 amide bonds. The highest BCUT2D eigenvalue weighted by atomic mass is 16.5. The Hall–Kier alpha value is -1.38. The van der Waals surface area contributed by atoms with Crippen molar-refractivity contribution in [1.29, 1.82) is 0 Å². The summed E-state index contributed by atoms with van der Waals surface area (Å²) in [4.78, 5) is 14.5. The van der Waals surface area contributed by atoms with E-state index in [2.05, 4.69) is 16.8 Å². The van der Waals surface area contributed by atoms with Crippen LogP contribution in [0.25, 0.3) is 0 Å². The third-order valence-electron chi connectivity index (χ3n) is 1.26. The highest BCUT2D eigenvalue weighted by molar-refractivity contribution is 5.72. The Morgan fingerprint density at radius 3 is 2.73 bits per heavy atom. The van der Waals surface area contributed by atoms with Gasteiger partial charge in [0.1, 0.15) is 7.11 Å². The maximum atomic E-state index is 10.7. The summed E-state index contributed by atoms with van der Waals surface area (Å²) in [5.41, 5.74) is 0.883. The van der Waals surface area contributed by atoms with Gasteiger partial charge in [0.2, 0.25) is 0 Å². The number of carbonyl (C=O) groups excluding carboxylic acids is 1. The van der Waals surface area contributed by atoms with Gasteiger partial charge in [-0.15, -0.1) is 0 Å². The van der Waals surface area contributed by atoms with Gasteiger partial charge in [-0.2, -0.15) is 0 Å². The largest absolute Gasteiger partial charge is 0.462 e. The van der Waals surface area contributed by atoms with Gasteiger partial charge in [0.15, 0.2) is 0 Å². The van der Waals surface area contributed by atoms with E-state index in [0.717, 1.165) is 5.56 Å². The molecule has 11 heavy (non-hydrogen) atoms. The van der Waals surface area contributed by atoms with Crippen LogP contribution in [0.1, 0.15) is 5.56 Å². The fourth-order valence-electron chi connectivity index (χ4n) is 0.718. The third-order valence-corrected chi connectivity index (χ3v) is 1.26. The maximum Gasteiger partial charge on any atom is 0.310 e. The topological polar surface area (TPSA) is 39.2 Å². The lowest BCUT2D eigenvalue weighted by Gasteiger charge is -1.96. The maximum absolute atomic E-state index is 10.7. The standard InChI is InChI=1S/C8H8NO2/c1-11-8(10)6-7-2-4-9-5-3-7/h2-5H,1,6H2. The molecule has 1 heterocycles. The monoisotopic (exact) mass is 150 g/mol. The van der Waals surface area contributed by atoms with Gasteiger partial charge < -0.3 is 4.74 Å². The number of hydrogen-bond donors (Lipinski definition) is 0. The predicted molar refractivity (Wildman–Crippen MR) is 39.4 cm³/mol. The first-order valence-electron chi connectivity index (χ1n) is 3.16. The molecule has 0 saturated heterocycles. The molecule has 57 valence electrons. The van der Waals surface area contributed by atoms with Crippen molar-refractivity contribution in [3.8, 4) is 0 Å². The summed E-state index contributed by atoms with van der Waals surface area (Å²) in [7, 11) is 3.02. The van der Waals surface area contributed by atoms with Crippen LogP contribution >= 0.6 is 0 Å². The lowest BCUT2D eigenvalue weighted by atomic mass is 10.2.